The first-order valence-corrected chi connectivity index (χ1v) is 8.80. The van der Waals surface area contributed by atoms with Crippen molar-refractivity contribution in [2.24, 2.45) is 0 Å². The Balaban J connectivity index is 2.18. The molecule has 0 aliphatic heterocycles. The zero-order valence-electron chi connectivity index (χ0n) is 14.5. The minimum atomic E-state index is -4.80. The Morgan fingerprint density at radius 3 is 2.31 bits per heavy atom. The molecule has 0 saturated carbocycles. The average Bonchev–Trinajstić information content (AvgIpc) is 3.06. The number of hydrogen-bond acceptors (Lipinski definition) is 4. The predicted molar refractivity (Wildman–Crippen MR) is 93.9 cm³/mol. The van der Waals surface area contributed by atoms with E-state index in [1.54, 1.807) is 0 Å². The lowest BCUT2D eigenvalue weighted by Gasteiger charge is -2.15. The summed E-state index contributed by atoms with van der Waals surface area (Å²) < 4.78 is 84.8. The maximum absolute atomic E-state index is 13.3. The fraction of sp³-hybridized carbons (Fsp3) is 0.235. The molecule has 1 aromatic carbocycles. The van der Waals surface area contributed by atoms with Crippen molar-refractivity contribution >= 4 is 15.9 Å². The van der Waals surface area contributed by atoms with E-state index in [0.717, 1.165) is 18.2 Å². The van der Waals surface area contributed by atoms with Crippen LogP contribution in [0.3, 0.4) is 0 Å². The molecule has 3 rings (SSSR count). The van der Waals surface area contributed by atoms with Crippen molar-refractivity contribution in [3.63, 3.8) is 0 Å². The van der Waals surface area contributed by atoms with Crippen molar-refractivity contribution in [3.05, 3.63) is 46.3 Å². The second kappa shape index (κ2) is 7.65. The van der Waals surface area contributed by atoms with Crippen molar-refractivity contribution in [2.75, 3.05) is 6.61 Å². The molecule has 0 spiro atoms. The summed E-state index contributed by atoms with van der Waals surface area (Å²) in [6, 6.07) is 3.41. The summed E-state index contributed by atoms with van der Waals surface area (Å²) in [5.41, 5.74) is -2.53. The molecule has 0 saturated heterocycles. The minimum absolute atomic E-state index is 0.00113. The molecule has 0 atom stereocenters. The largest absolute Gasteiger partial charge is 0.493 e. The Hall–Kier alpha value is -2.63. The molecule has 2 aromatic heterocycles. The van der Waals surface area contributed by atoms with Gasteiger partial charge in [-0.15, -0.1) is 0 Å². The first-order valence-electron chi connectivity index (χ1n) is 8.00. The van der Waals surface area contributed by atoms with Crippen LogP contribution in [0.2, 0.25) is 0 Å². The second-order valence-corrected chi connectivity index (χ2v) is 6.54. The number of ether oxygens (including phenoxy) is 1. The first-order chi connectivity index (χ1) is 13.5. The third-order valence-corrected chi connectivity index (χ3v) is 4.06. The van der Waals surface area contributed by atoms with Gasteiger partial charge in [-0.3, -0.25) is 0 Å². The molecular formula is C17H11BrF6N4O. The minimum Gasteiger partial charge on any atom is -0.493 e. The number of alkyl halides is 6. The van der Waals surface area contributed by atoms with Crippen molar-refractivity contribution in [1.82, 2.24) is 19.9 Å². The van der Waals surface area contributed by atoms with Crippen LogP contribution >= 0.6 is 15.9 Å². The smallest absolute Gasteiger partial charge is 0.433 e. The molecule has 5 nitrogen and oxygen atoms in total. The van der Waals surface area contributed by atoms with E-state index in [0.29, 0.717) is 10.7 Å². The van der Waals surface area contributed by atoms with Crippen molar-refractivity contribution < 1.29 is 31.1 Å². The monoisotopic (exact) mass is 480 g/mol. The van der Waals surface area contributed by atoms with E-state index in [1.165, 1.54) is 13.1 Å². The van der Waals surface area contributed by atoms with Crippen LogP contribution in [0.1, 0.15) is 18.2 Å². The third-order valence-electron chi connectivity index (χ3n) is 3.66. The van der Waals surface area contributed by atoms with Gasteiger partial charge in [0.1, 0.15) is 16.0 Å². The van der Waals surface area contributed by atoms with E-state index in [1.807, 2.05) is 0 Å². The molecule has 12 heteroatoms. The highest BCUT2D eigenvalue weighted by Crippen LogP contribution is 2.39. The number of nitrogens with zero attached hydrogens (tertiary/aromatic N) is 3. The van der Waals surface area contributed by atoms with Gasteiger partial charge in [0.25, 0.3) is 0 Å². The third kappa shape index (κ3) is 4.69. The number of hydrogen-bond donors (Lipinski definition) is 1. The van der Waals surface area contributed by atoms with Crippen LogP contribution in [0.25, 0.3) is 22.9 Å². The molecule has 2 heterocycles. The number of imidazole rings is 1. The van der Waals surface area contributed by atoms with Gasteiger partial charge < -0.3 is 9.72 Å². The summed E-state index contributed by atoms with van der Waals surface area (Å²) in [5.74, 6) is -0.911. The van der Waals surface area contributed by atoms with Gasteiger partial charge in [-0.25, -0.2) is 15.0 Å². The summed E-state index contributed by atoms with van der Waals surface area (Å²) in [4.78, 5) is 14.0. The molecule has 0 aliphatic carbocycles. The van der Waals surface area contributed by atoms with Gasteiger partial charge in [-0.1, -0.05) is 6.07 Å². The molecule has 0 amide bonds. The molecule has 0 radical (unpaired) electrons. The van der Waals surface area contributed by atoms with Gasteiger partial charge >= 0.3 is 12.4 Å². The Morgan fingerprint density at radius 2 is 1.76 bits per heavy atom. The van der Waals surface area contributed by atoms with Gasteiger partial charge in [-0.2, -0.15) is 26.3 Å². The van der Waals surface area contributed by atoms with Crippen LogP contribution in [0.15, 0.2) is 35.1 Å². The average molecular weight is 481 g/mol. The summed E-state index contributed by atoms with van der Waals surface area (Å²) in [6.07, 6.45) is -8.17. The maximum atomic E-state index is 13.3. The number of nitrogens with one attached hydrogen (secondary N) is 1. The molecule has 29 heavy (non-hydrogen) atoms. The zero-order valence-corrected chi connectivity index (χ0v) is 16.1. The molecule has 154 valence electrons. The van der Waals surface area contributed by atoms with E-state index >= 15 is 0 Å². The molecule has 3 aromatic rings. The Morgan fingerprint density at radius 1 is 1.03 bits per heavy atom. The van der Waals surface area contributed by atoms with E-state index in [9.17, 15) is 26.3 Å². The number of halogens is 7. The van der Waals surface area contributed by atoms with Gasteiger partial charge in [-0.05, 0) is 41.1 Å². The maximum Gasteiger partial charge on any atom is 0.433 e. The second-order valence-electron chi connectivity index (χ2n) is 5.68. The summed E-state index contributed by atoms with van der Waals surface area (Å²) in [6.45, 7) is 1.43. The molecular weight excluding hydrogens is 470 g/mol. The Bertz CT molecular complexity index is 1030. The lowest BCUT2D eigenvalue weighted by molar-refractivity contribution is -0.141. The Labute approximate surface area is 168 Å². The van der Waals surface area contributed by atoms with Crippen LogP contribution in [-0.2, 0) is 12.4 Å². The van der Waals surface area contributed by atoms with Crippen molar-refractivity contribution in [1.29, 1.82) is 0 Å². The van der Waals surface area contributed by atoms with Crippen LogP contribution in [0.5, 0.6) is 5.75 Å². The topological polar surface area (TPSA) is 63.7 Å². The summed E-state index contributed by atoms with van der Waals surface area (Å²) >= 11 is 3.09. The highest BCUT2D eigenvalue weighted by Gasteiger charge is 2.36. The molecule has 0 unspecified atom stereocenters. The summed E-state index contributed by atoms with van der Waals surface area (Å²) in [5, 5.41) is 0. The van der Waals surface area contributed by atoms with Crippen LogP contribution in [0.4, 0.5) is 26.3 Å². The normalized spacial score (nSPS) is 12.3. The number of benzene rings is 1. The number of H-pyrrole nitrogens is 1. The van der Waals surface area contributed by atoms with Crippen LogP contribution in [0, 0.1) is 0 Å². The highest BCUT2D eigenvalue weighted by molar-refractivity contribution is 9.10. The molecule has 1 N–H and O–H groups in total. The predicted octanol–water partition coefficient (Wildman–Crippen LogP) is 5.73. The molecule has 0 fully saturated rings. The zero-order chi connectivity index (χ0) is 21.4. The molecule has 0 aliphatic rings. The highest BCUT2D eigenvalue weighted by atomic mass is 79.9. The fourth-order valence-electron chi connectivity index (χ4n) is 2.45. The van der Waals surface area contributed by atoms with Crippen LogP contribution in [-0.4, -0.2) is 26.5 Å². The lowest BCUT2D eigenvalue weighted by atomic mass is 10.1. The van der Waals surface area contributed by atoms with E-state index in [4.69, 9.17) is 4.74 Å². The molecule has 0 bridgehead atoms. The van der Waals surface area contributed by atoms with Gasteiger partial charge in [0.2, 0.25) is 0 Å². The quantitative estimate of drug-likeness (QED) is 0.484. The van der Waals surface area contributed by atoms with Gasteiger partial charge in [0.15, 0.2) is 11.6 Å². The van der Waals surface area contributed by atoms with Crippen molar-refractivity contribution in [3.8, 4) is 28.7 Å². The first kappa shape index (κ1) is 21.1. The van der Waals surface area contributed by atoms with E-state index < -0.39 is 29.4 Å². The van der Waals surface area contributed by atoms with E-state index in [2.05, 4.69) is 35.9 Å². The van der Waals surface area contributed by atoms with Crippen molar-refractivity contribution in [2.45, 2.75) is 19.3 Å². The Kier molecular flexibility index (Phi) is 5.57. The van der Waals surface area contributed by atoms with Gasteiger partial charge in [0, 0.05) is 5.56 Å². The summed E-state index contributed by atoms with van der Waals surface area (Å²) in [7, 11) is 0. The lowest BCUT2D eigenvalue weighted by Crippen LogP contribution is -2.11. The number of aromatic nitrogens is 4. The standard InChI is InChI=1S/C17H11BrF6N4O/c1-2-29-11-5-8(3-4-9(11)16(19,20)21)10-6-12(17(22,23)24)27-15(26-10)14-25-7-13(18)28-14/h3-7H,2H2,1H3,(H,25,28). The fourth-order valence-corrected chi connectivity index (χ4v) is 2.74. The SMILES string of the molecule is CCOc1cc(-c2cc(C(F)(F)F)nc(-c3ncc(Br)[nH]3)n2)ccc1C(F)(F)F. The van der Waals surface area contributed by atoms with Gasteiger partial charge in [0.05, 0.1) is 24.1 Å². The number of aromatic amines is 1. The van der Waals surface area contributed by atoms with Crippen LogP contribution < -0.4 is 4.74 Å². The van der Waals surface area contributed by atoms with E-state index in [-0.39, 0.29) is 29.5 Å². The number of rotatable bonds is 4.